The van der Waals surface area contributed by atoms with Gasteiger partial charge in [0.2, 0.25) is 0 Å². The van der Waals surface area contributed by atoms with E-state index >= 15 is 0 Å². The second-order valence-electron chi connectivity index (χ2n) is 4.62. The maximum Gasteiger partial charge on any atom is 0.181 e. The summed E-state index contributed by atoms with van der Waals surface area (Å²) >= 11 is 0. The largest absolute Gasteiger partial charge is 0.299 e. The minimum absolute atomic E-state index is 0.145. The van der Waals surface area contributed by atoms with E-state index in [9.17, 15) is 13.2 Å². The normalized spacial score (nSPS) is 19.8. The predicted octanol–water partition coefficient (Wildman–Crippen LogP) is 1.86. The summed E-state index contributed by atoms with van der Waals surface area (Å²) in [5.41, 5.74) is -0.145. The van der Waals surface area contributed by atoms with E-state index in [-0.39, 0.29) is 17.0 Å². The van der Waals surface area contributed by atoms with Crippen LogP contribution in [0.3, 0.4) is 0 Å². The number of rotatable bonds is 3. The van der Waals surface area contributed by atoms with Crippen molar-refractivity contribution in [1.82, 2.24) is 0 Å². The fourth-order valence-corrected chi connectivity index (χ4v) is 3.16. The number of hydrogen-bond acceptors (Lipinski definition) is 3. The first-order chi connectivity index (χ1) is 6.73. The molecule has 1 aliphatic carbocycles. The van der Waals surface area contributed by atoms with Crippen LogP contribution in [0.5, 0.6) is 0 Å². The number of allylic oxidation sites excluding steroid dienone is 4. The summed E-state index contributed by atoms with van der Waals surface area (Å²) in [6, 6.07) is 0. The molecule has 0 heterocycles. The molecule has 0 N–H and O–H groups in total. The summed E-state index contributed by atoms with van der Waals surface area (Å²) in [7, 11) is -3.39. The highest BCUT2D eigenvalue weighted by Gasteiger charge is 2.27. The van der Waals surface area contributed by atoms with Crippen molar-refractivity contribution in [2.24, 2.45) is 5.41 Å². The van der Waals surface area contributed by atoms with Crippen LogP contribution in [-0.4, -0.2) is 20.0 Å². The number of hydrogen-bond donors (Lipinski definition) is 0. The Hall–Kier alpha value is -0.900. The SMILES string of the molecule is CC(=O)CS(=O)(=O)C1=CC=CC(C)(C)C1. The summed E-state index contributed by atoms with van der Waals surface area (Å²) in [6.45, 7) is 5.24. The molecule has 84 valence electrons. The van der Waals surface area contributed by atoms with Crippen LogP contribution in [0.2, 0.25) is 0 Å². The Bertz CT molecular complexity index is 425. The van der Waals surface area contributed by atoms with Gasteiger partial charge in [0.05, 0.1) is 0 Å². The van der Waals surface area contributed by atoms with Gasteiger partial charge in [-0.25, -0.2) is 8.42 Å². The highest BCUT2D eigenvalue weighted by molar-refractivity contribution is 7.95. The van der Waals surface area contributed by atoms with Gasteiger partial charge in [-0.2, -0.15) is 0 Å². The lowest BCUT2D eigenvalue weighted by Crippen LogP contribution is -2.21. The molecule has 0 radical (unpaired) electrons. The topological polar surface area (TPSA) is 51.2 Å². The van der Waals surface area contributed by atoms with Gasteiger partial charge >= 0.3 is 0 Å². The second kappa shape index (κ2) is 3.93. The molecule has 0 atom stereocenters. The van der Waals surface area contributed by atoms with Crippen molar-refractivity contribution in [3.63, 3.8) is 0 Å². The molecule has 0 saturated carbocycles. The Morgan fingerprint density at radius 2 is 2.07 bits per heavy atom. The van der Waals surface area contributed by atoms with E-state index in [4.69, 9.17) is 0 Å². The molecule has 0 unspecified atom stereocenters. The lowest BCUT2D eigenvalue weighted by atomic mass is 9.86. The monoisotopic (exact) mass is 228 g/mol. The van der Waals surface area contributed by atoms with Crippen LogP contribution < -0.4 is 0 Å². The van der Waals surface area contributed by atoms with Gasteiger partial charge in [-0.15, -0.1) is 0 Å². The van der Waals surface area contributed by atoms with Crippen molar-refractivity contribution in [2.45, 2.75) is 27.2 Å². The first kappa shape index (κ1) is 12.2. The van der Waals surface area contributed by atoms with Gasteiger partial charge < -0.3 is 0 Å². The Morgan fingerprint density at radius 3 is 2.53 bits per heavy atom. The summed E-state index contributed by atoms with van der Waals surface area (Å²) < 4.78 is 23.5. The molecule has 3 nitrogen and oxygen atoms in total. The van der Waals surface area contributed by atoms with E-state index in [1.54, 1.807) is 12.2 Å². The van der Waals surface area contributed by atoms with Gasteiger partial charge in [-0.1, -0.05) is 26.0 Å². The lowest BCUT2D eigenvalue weighted by molar-refractivity contribution is -0.114. The third-order valence-electron chi connectivity index (χ3n) is 2.25. The van der Waals surface area contributed by atoms with Gasteiger partial charge in [-0.05, 0) is 24.8 Å². The molecule has 0 fully saturated rings. The molecule has 0 aromatic rings. The molecule has 0 saturated heterocycles. The molecular weight excluding hydrogens is 212 g/mol. The smallest absolute Gasteiger partial charge is 0.181 e. The Balaban J connectivity index is 2.96. The van der Waals surface area contributed by atoms with Gasteiger partial charge in [0.15, 0.2) is 9.84 Å². The van der Waals surface area contributed by atoms with E-state index in [1.807, 2.05) is 19.9 Å². The predicted molar refractivity (Wildman–Crippen MR) is 60.1 cm³/mol. The number of sulfone groups is 1. The van der Waals surface area contributed by atoms with Crippen molar-refractivity contribution in [1.29, 1.82) is 0 Å². The molecule has 0 aliphatic heterocycles. The Morgan fingerprint density at radius 1 is 1.47 bits per heavy atom. The quantitative estimate of drug-likeness (QED) is 0.741. The number of carbonyl (C=O) groups is 1. The number of ketones is 1. The minimum atomic E-state index is -3.39. The van der Waals surface area contributed by atoms with Crippen LogP contribution in [0.1, 0.15) is 27.2 Å². The van der Waals surface area contributed by atoms with Crippen LogP contribution in [0.15, 0.2) is 23.1 Å². The first-order valence-corrected chi connectivity index (χ1v) is 6.49. The fraction of sp³-hybridized carbons (Fsp3) is 0.545. The molecule has 0 aromatic heterocycles. The van der Waals surface area contributed by atoms with Crippen molar-refractivity contribution in [3.8, 4) is 0 Å². The highest BCUT2D eigenvalue weighted by Crippen LogP contribution is 2.32. The molecule has 1 aliphatic rings. The van der Waals surface area contributed by atoms with Crippen molar-refractivity contribution < 1.29 is 13.2 Å². The first-order valence-electron chi connectivity index (χ1n) is 4.83. The van der Waals surface area contributed by atoms with Crippen LogP contribution >= 0.6 is 0 Å². The Labute approximate surface area is 90.8 Å². The molecule has 0 amide bonds. The molecule has 15 heavy (non-hydrogen) atoms. The van der Waals surface area contributed by atoms with E-state index < -0.39 is 9.84 Å². The van der Waals surface area contributed by atoms with Crippen LogP contribution in [0.4, 0.5) is 0 Å². The van der Waals surface area contributed by atoms with Crippen molar-refractivity contribution in [3.05, 3.63) is 23.1 Å². The zero-order valence-corrected chi connectivity index (χ0v) is 10.1. The van der Waals surface area contributed by atoms with Crippen LogP contribution in [0.25, 0.3) is 0 Å². The van der Waals surface area contributed by atoms with Gasteiger partial charge in [0.25, 0.3) is 0 Å². The number of carbonyl (C=O) groups excluding carboxylic acids is 1. The summed E-state index contributed by atoms with van der Waals surface area (Å²) in [5, 5.41) is 0. The fourth-order valence-electron chi connectivity index (χ4n) is 1.56. The summed E-state index contributed by atoms with van der Waals surface area (Å²) in [4.78, 5) is 11.2. The third kappa shape index (κ3) is 3.30. The van der Waals surface area contributed by atoms with Gasteiger partial charge in [0.1, 0.15) is 11.5 Å². The average molecular weight is 228 g/mol. The average Bonchev–Trinajstić information content (AvgIpc) is 1.99. The zero-order chi connectivity index (χ0) is 11.7. The maximum atomic E-state index is 11.8. The maximum absolute atomic E-state index is 11.8. The second-order valence-corrected chi connectivity index (χ2v) is 6.66. The molecule has 0 bridgehead atoms. The molecular formula is C11H16O3S. The van der Waals surface area contributed by atoms with Crippen molar-refractivity contribution >= 4 is 15.6 Å². The van der Waals surface area contributed by atoms with Crippen molar-refractivity contribution in [2.75, 3.05) is 5.75 Å². The minimum Gasteiger partial charge on any atom is -0.299 e. The van der Waals surface area contributed by atoms with Gasteiger partial charge in [0, 0.05) is 4.91 Å². The molecule has 0 aromatic carbocycles. The molecule has 4 heteroatoms. The van der Waals surface area contributed by atoms with E-state index in [0.29, 0.717) is 11.3 Å². The van der Waals surface area contributed by atoms with Gasteiger partial charge in [-0.3, -0.25) is 4.79 Å². The zero-order valence-electron chi connectivity index (χ0n) is 9.28. The van der Waals surface area contributed by atoms with E-state index in [2.05, 4.69) is 0 Å². The summed E-state index contributed by atoms with van der Waals surface area (Å²) in [5.74, 6) is -0.703. The molecule has 1 rings (SSSR count). The molecule has 0 spiro atoms. The Kier molecular flexibility index (Phi) is 3.19. The van der Waals surface area contributed by atoms with Crippen LogP contribution in [0, 0.1) is 5.41 Å². The summed E-state index contributed by atoms with van der Waals surface area (Å²) in [6.07, 6.45) is 5.78. The van der Waals surface area contributed by atoms with E-state index in [1.165, 1.54) is 6.92 Å². The highest BCUT2D eigenvalue weighted by atomic mass is 32.2. The van der Waals surface area contributed by atoms with Crippen LogP contribution in [-0.2, 0) is 14.6 Å². The number of Topliss-reactive ketones (excluding diaryl/α,β-unsaturated/α-hetero) is 1. The van der Waals surface area contributed by atoms with E-state index in [0.717, 1.165) is 0 Å². The lowest BCUT2D eigenvalue weighted by Gasteiger charge is -2.24. The third-order valence-corrected chi connectivity index (χ3v) is 4.12. The standard InChI is InChI=1S/C11H16O3S/c1-9(12)8-15(13,14)10-5-4-6-11(2,3)7-10/h4-6H,7-8H2,1-3H3.